The number of likely N-dealkylation sites (N-methyl/N-ethyl adjacent to an activating group) is 1. The SMILES string of the molecule is COc1cc2c(cc1OC)C(C(=O)Nc1nc3ccccc3s1)C(c1ccccc1F)N(C)C2=O. The van der Waals surface area contributed by atoms with Gasteiger partial charge in [-0.1, -0.05) is 41.7 Å². The molecule has 0 saturated heterocycles. The lowest BCUT2D eigenvalue weighted by molar-refractivity contribution is -0.119. The zero-order valence-electron chi connectivity index (χ0n) is 19.2. The van der Waals surface area contributed by atoms with Gasteiger partial charge in [0.15, 0.2) is 16.6 Å². The first kappa shape index (κ1) is 22.8. The Balaban J connectivity index is 1.66. The third kappa shape index (κ3) is 3.87. The van der Waals surface area contributed by atoms with E-state index in [1.807, 2.05) is 24.3 Å². The van der Waals surface area contributed by atoms with Gasteiger partial charge in [0.25, 0.3) is 5.91 Å². The summed E-state index contributed by atoms with van der Waals surface area (Å²) in [4.78, 5) is 33.1. The van der Waals surface area contributed by atoms with Crippen molar-refractivity contribution < 1.29 is 23.5 Å². The molecule has 9 heteroatoms. The molecule has 3 aromatic carbocycles. The second kappa shape index (κ2) is 8.99. The number of aromatic nitrogens is 1. The molecule has 2 heterocycles. The second-order valence-corrected chi connectivity index (χ2v) is 9.16. The molecule has 2 amide bonds. The van der Waals surface area contributed by atoms with E-state index in [0.29, 0.717) is 27.8 Å². The van der Waals surface area contributed by atoms with Crippen molar-refractivity contribution in [2.75, 3.05) is 26.6 Å². The van der Waals surface area contributed by atoms with Crippen molar-refractivity contribution in [2.24, 2.45) is 0 Å². The Labute approximate surface area is 205 Å². The van der Waals surface area contributed by atoms with Crippen molar-refractivity contribution in [3.05, 3.63) is 83.2 Å². The number of anilines is 1. The molecule has 4 aromatic rings. The number of carbonyl (C=O) groups is 2. The van der Waals surface area contributed by atoms with E-state index >= 15 is 0 Å². The molecular formula is C26H22FN3O4S. The van der Waals surface area contributed by atoms with Gasteiger partial charge in [-0.3, -0.25) is 9.59 Å². The van der Waals surface area contributed by atoms with E-state index in [1.54, 1.807) is 37.4 Å². The lowest BCUT2D eigenvalue weighted by Gasteiger charge is -2.40. The van der Waals surface area contributed by atoms with E-state index < -0.39 is 23.7 Å². The van der Waals surface area contributed by atoms with Gasteiger partial charge in [-0.2, -0.15) is 0 Å². The predicted molar refractivity (Wildman–Crippen MR) is 132 cm³/mol. The smallest absolute Gasteiger partial charge is 0.254 e. The molecule has 2 atom stereocenters. The number of amides is 2. The highest BCUT2D eigenvalue weighted by Crippen LogP contribution is 2.46. The number of thiazole rings is 1. The third-order valence-electron chi connectivity index (χ3n) is 6.20. The van der Waals surface area contributed by atoms with Gasteiger partial charge < -0.3 is 19.7 Å². The molecule has 178 valence electrons. The van der Waals surface area contributed by atoms with Crippen molar-refractivity contribution in [1.82, 2.24) is 9.88 Å². The Morgan fingerprint density at radius 1 is 1.03 bits per heavy atom. The molecule has 1 aliphatic heterocycles. The van der Waals surface area contributed by atoms with Crippen molar-refractivity contribution in [2.45, 2.75) is 12.0 Å². The first-order valence-electron chi connectivity index (χ1n) is 10.9. The van der Waals surface area contributed by atoms with Gasteiger partial charge in [0.05, 0.1) is 36.4 Å². The van der Waals surface area contributed by atoms with Crippen LogP contribution in [0.1, 0.15) is 33.4 Å². The Kier molecular flexibility index (Phi) is 5.86. The van der Waals surface area contributed by atoms with Crippen LogP contribution in [0.3, 0.4) is 0 Å². The number of nitrogens with zero attached hydrogens (tertiary/aromatic N) is 2. The van der Waals surface area contributed by atoms with Crippen LogP contribution in [0.25, 0.3) is 10.2 Å². The highest BCUT2D eigenvalue weighted by Gasteiger charge is 2.44. The highest BCUT2D eigenvalue weighted by molar-refractivity contribution is 7.22. The predicted octanol–water partition coefficient (Wildman–Crippen LogP) is 5.00. The lowest BCUT2D eigenvalue weighted by Crippen LogP contribution is -2.44. The Morgan fingerprint density at radius 2 is 1.71 bits per heavy atom. The number of carbonyl (C=O) groups excluding carboxylic acids is 2. The quantitative estimate of drug-likeness (QED) is 0.425. The molecule has 0 radical (unpaired) electrons. The fourth-order valence-electron chi connectivity index (χ4n) is 4.54. The number of hydrogen-bond donors (Lipinski definition) is 1. The fourth-order valence-corrected chi connectivity index (χ4v) is 5.41. The molecule has 0 bridgehead atoms. The van der Waals surface area contributed by atoms with Crippen LogP contribution in [-0.4, -0.2) is 43.0 Å². The minimum Gasteiger partial charge on any atom is -0.493 e. The zero-order chi connectivity index (χ0) is 24.7. The molecule has 2 unspecified atom stereocenters. The Morgan fingerprint density at radius 3 is 2.43 bits per heavy atom. The lowest BCUT2D eigenvalue weighted by atomic mass is 9.79. The second-order valence-electron chi connectivity index (χ2n) is 8.13. The summed E-state index contributed by atoms with van der Waals surface area (Å²) in [6, 6.07) is 16.0. The number of halogens is 1. The molecule has 1 aromatic heterocycles. The van der Waals surface area contributed by atoms with Crippen molar-refractivity contribution >= 4 is 38.5 Å². The van der Waals surface area contributed by atoms with E-state index in [9.17, 15) is 14.0 Å². The monoisotopic (exact) mass is 491 g/mol. The molecule has 1 N–H and O–H groups in total. The van der Waals surface area contributed by atoms with Gasteiger partial charge in [-0.05, 0) is 35.9 Å². The van der Waals surface area contributed by atoms with Crippen molar-refractivity contribution in [1.29, 1.82) is 0 Å². The topological polar surface area (TPSA) is 80.8 Å². The van der Waals surface area contributed by atoms with Crippen LogP contribution in [0, 0.1) is 5.82 Å². The standard InChI is InChI=1S/C26H22FN3O4S/c1-30-23(14-8-4-5-9-17(14)27)22(15-12-19(33-2)20(34-3)13-16(15)25(30)32)24(31)29-26-28-18-10-6-7-11-21(18)35-26/h4-13,22-23H,1-3H3,(H,28,29,31). The van der Waals surface area contributed by atoms with Gasteiger partial charge in [0.2, 0.25) is 5.91 Å². The van der Waals surface area contributed by atoms with E-state index in [1.165, 1.54) is 36.5 Å². The number of nitrogens with one attached hydrogen (secondary N) is 1. The molecular weight excluding hydrogens is 469 g/mol. The number of benzene rings is 3. The van der Waals surface area contributed by atoms with Crippen molar-refractivity contribution in [3.8, 4) is 11.5 Å². The maximum atomic E-state index is 15.0. The highest BCUT2D eigenvalue weighted by atomic mass is 32.1. The van der Waals surface area contributed by atoms with Gasteiger partial charge in [-0.15, -0.1) is 0 Å². The molecule has 0 saturated carbocycles. The molecule has 0 aliphatic carbocycles. The van der Waals surface area contributed by atoms with Gasteiger partial charge in [0.1, 0.15) is 5.82 Å². The average molecular weight is 492 g/mol. The van der Waals surface area contributed by atoms with Gasteiger partial charge in [0, 0.05) is 18.2 Å². The molecule has 7 nitrogen and oxygen atoms in total. The normalized spacial score (nSPS) is 17.3. The minimum absolute atomic E-state index is 0.244. The van der Waals surface area contributed by atoms with Gasteiger partial charge >= 0.3 is 0 Å². The summed E-state index contributed by atoms with van der Waals surface area (Å²) in [6.45, 7) is 0. The maximum absolute atomic E-state index is 15.0. The van der Waals surface area contributed by atoms with Gasteiger partial charge in [-0.25, -0.2) is 9.37 Å². The molecule has 1 aliphatic rings. The summed E-state index contributed by atoms with van der Waals surface area (Å²) in [6.07, 6.45) is 0. The first-order chi connectivity index (χ1) is 16.9. The summed E-state index contributed by atoms with van der Waals surface area (Å²) >= 11 is 1.34. The average Bonchev–Trinajstić information content (AvgIpc) is 3.28. The van der Waals surface area contributed by atoms with Crippen LogP contribution >= 0.6 is 11.3 Å². The Bertz CT molecular complexity index is 1420. The van der Waals surface area contributed by atoms with Crippen LogP contribution in [0.5, 0.6) is 11.5 Å². The molecule has 5 rings (SSSR count). The molecule has 0 fully saturated rings. The maximum Gasteiger partial charge on any atom is 0.254 e. The number of fused-ring (bicyclic) bond motifs is 2. The van der Waals surface area contributed by atoms with E-state index in [4.69, 9.17) is 9.47 Å². The molecule has 0 spiro atoms. The number of hydrogen-bond acceptors (Lipinski definition) is 6. The summed E-state index contributed by atoms with van der Waals surface area (Å²) in [7, 11) is 4.52. The van der Waals surface area contributed by atoms with E-state index in [2.05, 4.69) is 10.3 Å². The number of rotatable bonds is 5. The van der Waals surface area contributed by atoms with Crippen LogP contribution in [0.15, 0.2) is 60.7 Å². The first-order valence-corrected chi connectivity index (χ1v) is 11.7. The van der Waals surface area contributed by atoms with Crippen LogP contribution in [0.2, 0.25) is 0 Å². The zero-order valence-corrected chi connectivity index (χ0v) is 20.1. The number of methoxy groups -OCH3 is 2. The largest absolute Gasteiger partial charge is 0.493 e. The van der Waals surface area contributed by atoms with E-state index in [0.717, 1.165) is 10.2 Å². The van der Waals surface area contributed by atoms with Crippen molar-refractivity contribution in [3.63, 3.8) is 0 Å². The number of ether oxygens (including phenoxy) is 2. The third-order valence-corrected chi connectivity index (χ3v) is 7.16. The van der Waals surface area contributed by atoms with Crippen LogP contribution in [-0.2, 0) is 4.79 Å². The summed E-state index contributed by atoms with van der Waals surface area (Å²) in [5, 5.41) is 3.32. The minimum atomic E-state index is -0.934. The van der Waals surface area contributed by atoms with E-state index in [-0.39, 0.29) is 11.5 Å². The molecule has 35 heavy (non-hydrogen) atoms. The van der Waals surface area contributed by atoms with Crippen LogP contribution in [0.4, 0.5) is 9.52 Å². The Hall–Kier alpha value is -3.98. The number of para-hydroxylation sites is 1. The van der Waals surface area contributed by atoms with Crippen LogP contribution < -0.4 is 14.8 Å². The summed E-state index contributed by atoms with van der Waals surface area (Å²) in [5.74, 6) is -1.46. The summed E-state index contributed by atoms with van der Waals surface area (Å²) in [5.41, 5.74) is 1.73. The summed E-state index contributed by atoms with van der Waals surface area (Å²) < 4.78 is 26.7. The fraction of sp³-hybridized carbons (Fsp3) is 0.192.